The molecule has 30 heavy (non-hydrogen) atoms. The molecule has 0 radical (unpaired) electrons. The van der Waals surface area contributed by atoms with Crippen molar-refractivity contribution in [1.29, 1.82) is 0 Å². The van der Waals surface area contributed by atoms with Gasteiger partial charge in [0, 0.05) is 12.0 Å². The van der Waals surface area contributed by atoms with Crippen LogP contribution in [0.5, 0.6) is 0 Å². The smallest absolute Gasteiger partial charge is 0.339 e. The van der Waals surface area contributed by atoms with Crippen molar-refractivity contribution >= 4 is 29.2 Å². The van der Waals surface area contributed by atoms with Gasteiger partial charge in [0.1, 0.15) is 12.6 Å². The van der Waals surface area contributed by atoms with E-state index in [-0.39, 0.29) is 18.4 Å². The Morgan fingerprint density at radius 2 is 1.73 bits per heavy atom. The summed E-state index contributed by atoms with van der Waals surface area (Å²) in [6.07, 6.45) is 0.0987. The monoisotopic (exact) mass is 398 g/mol. The lowest BCUT2D eigenvalue weighted by Crippen LogP contribution is -2.42. The summed E-state index contributed by atoms with van der Waals surface area (Å²) in [5.74, 6) is -0.921. The molecule has 6 heteroatoms. The fourth-order valence-corrected chi connectivity index (χ4v) is 3.95. The highest BCUT2D eigenvalue weighted by Gasteiger charge is 2.31. The molecule has 1 N–H and O–H groups in total. The first-order valence-electron chi connectivity index (χ1n) is 9.70. The minimum atomic E-state index is -0.396. The van der Waals surface area contributed by atoms with Crippen LogP contribution in [0.15, 0.2) is 72.8 Å². The van der Waals surface area contributed by atoms with Gasteiger partial charge in [0.05, 0.1) is 16.9 Å². The summed E-state index contributed by atoms with van der Waals surface area (Å²) in [6, 6.07) is 21.7. The van der Waals surface area contributed by atoms with Crippen molar-refractivity contribution in [3.05, 3.63) is 95.1 Å². The van der Waals surface area contributed by atoms with E-state index >= 15 is 0 Å². The standard InChI is InChI=1S/C24H18N2O4/c27-22-14-26(20-9-5-4-8-19(20)25-22)23(28)16-10-11-18-17(12-16)13-21(30-24(18)29)15-6-2-1-3-7-15/h1-12,21H,13-14H2,(H,25,27)/t21-/m0/s1. The van der Waals surface area contributed by atoms with Gasteiger partial charge in [0.25, 0.3) is 5.91 Å². The van der Waals surface area contributed by atoms with Crippen LogP contribution < -0.4 is 10.2 Å². The van der Waals surface area contributed by atoms with Crippen LogP contribution in [-0.2, 0) is 16.0 Å². The lowest BCUT2D eigenvalue weighted by molar-refractivity contribution is -0.115. The number of rotatable bonds is 2. The van der Waals surface area contributed by atoms with Crippen molar-refractivity contribution < 1.29 is 19.1 Å². The second-order valence-corrected chi connectivity index (χ2v) is 7.34. The van der Waals surface area contributed by atoms with Crippen LogP contribution >= 0.6 is 0 Å². The third-order valence-corrected chi connectivity index (χ3v) is 5.41. The minimum Gasteiger partial charge on any atom is -0.454 e. The average Bonchev–Trinajstić information content (AvgIpc) is 2.78. The number of carbonyl (C=O) groups is 3. The van der Waals surface area contributed by atoms with Crippen LogP contribution in [0, 0.1) is 0 Å². The molecule has 2 aliphatic heterocycles. The molecule has 0 aliphatic carbocycles. The number of ether oxygens (including phenoxy) is 1. The number of nitrogens with one attached hydrogen (secondary N) is 1. The second-order valence-electron chi connectivity index (χ2n) is 7.34. The van der Waals surface area contributed by atoms with Gasteiger partial charge in [0.2, 0.25) is 5.91 Å². The Labute approximate surface area is 173 Å². The number of para-hydroxylation sites is 2. The zero-order valence-electron chi connectivity index (χ0n) is 16.0. The molecule has 0 spiro atoms. The molecule has 2 heterocycles. The van der Waals surface area contributed by atoms with Crippen LogP contribution in [0.2, 0.25) is 0 Å². The predicted molar refractivity (Wildman–Crippen MR) is 111 cm³/mol. The third-order valence-electron chi connectivity index (χ3n) is 5.41. The maximum absolute atomic E-state index is 13.3. The Hall–Kier alpha value is -3.93. The van der Waals surface area contributed by atoms with Crippen molar-refractivity contribution in [2.24, 2.45) is 0 Å². The number of nitrogens with zero attached hydrogens (tertiary/aromatic N) is 1. The highest BCUT2D eigenvalue weighted by molar-refractivity contribution is 6.15. The zero-order chi connectivity index (χ0) is 20.7. The molecule has 3 aromatic rings. The minimum absolute atomic E-state index is 0.0540. The molecule has 0 unspecified atom stereocenters. The zero-order valence-corrected chi connectivity index (χ0v) is 16.0. The van der Waals surface area contributed by atoms with Gasteiger partial charge >= 0.3 is 5.97 Å². The van der Waals surface area contributed by atoms with Gasteiger partial charge in [-0.3, -0.25) is 14.5 Å². The van der Waals surface area contributed by atoms with Gasteiger partial charge in [-0.05, 0) is 41.5 Å². The molecule has 2 amide bonds. The molecular weight excluding hydrogens is 380 g/mol. The number of amides is 2. The lowest BCUT2D eigenvalue weighted by atomic mass is 9.93. The number of fused-ring (bicyclic) bond motifs is 2. The van der Waals surface area contributed by atoms with E-state index < -0.39 is 12.1 Å². The summed E-state index contributed by atoms with van der Waals surface area (Å²) < 4.78 is 5.59. The number of anilines is 2. The van der Waals surface area contributed by atoms with E-state index in [4.69, 9.17) is 4.74 Å². The summed E-state index contributed by atoms with van der Waals surface area (Å²) in [6.45, 7) is -0.0540. The average molecular weight is 398 g/mol. The number of carbonyl (C=O) groups excluding carboxylic acids is 3. The molecule has 148 valence electrons. The first kappa shape index (κ1) is 18.1. The number of hydrogen-bond donors (Lipinski definition) is 1. The van der Waals surface area contributed by atoms with E-state index in [1.807, 2.05) is 36.4 Å². The van der Waals surface area contributed by atoms with Crippen LogP contribution in [0.1, 0.15) is 37.9 Å². The Kier molecular flexibility index (Phi) is 4.32. The van der Waals surface area contributed by atoms with E-state index in [9.17, 15) is 14.4 Å². The highest BCUT2D eigenvalue weighted by Crippen LogP contribution is 2.33. The number of benzene rings is 3. The fraction of sp³-hybridized carbons (Fsp3) is 0.125. The summed E-state index contributed by atoms with van der Waals surface area (Å²) in [5, 5.41) is 2.78. The van der Waals surface area contributed by atoms with E-state index in [1.165, 1.54) is 4.90 Å². The summed E-state index contributed by atoms with van der Waals surface area (Å²) >= 11 is 0. The quantitative estimate of drug-likeness (QED) is 0.668. The van der Waals surface area contributed by atoms with Crippen molar-refractivity contribution in [2.75, 3.05) is 16.8 Å². The molecule has 2 aliphatic rings. The molecule has 0 saturated carbocycles. The summed E-state index contributed by atoms with van der Waals surface area (Å²) in [4.78, 5) is 39.3. The summed E-state index contributed by atoms with van der Waals surface area (Å²) in [5.41, 5.74) is 3.83. The summed E-state index contributed by atoms with van der Waals surface area (Å²) in [7, 11) is 0. The topological polar surface area (TPSA) is 75.7 Å². The van der Waals surface area contributed by atoms with Gasteiger partial charge in [-0.25, -0.2) is 4.79 Å². The van der Waals surface area contributed by atoms with Gasteiger partial charge in [-0.15, -0.1) is 0 Å². The van der Waals surface area contributed by atoms with Crippen molar-refractivity contribution in [2.45, 2.75) is 12.5 Å². The molecule has 0 bridgehead atoms. The normalized spacial score (nSPS) is 17.5. The Bertz CT molecular complexity index is 1170. The number of hydrogen-bond acceptors (Lipinski definition) is 4. The van der Waals surface area contributed by atoms with Crippen molar-refractivity contribution in [3.8, 4) is 0 Å². The first-order chi connectivity index (χ1) is 14.6. The predicted octanol–water partition coefficient (Wildman–Crippen LogP) is 3.74. The lowest BCUT2D eigenvalue weighted by Gasteiger charge is -2.30. The van der Waals surface area contributed by atoms with Crippen LogP contribution in [0.4, 0.5) is 11.4 Å². The number of esters is 1. The molecule has 6 nitrogen and oxygen atoms in total. The van der Waals surface area contributed by atoms with Crippen LogP contribution in [0.3, 0.4) is 0 Å². The van der Waals surface area contributed by atoms with Gasteiger partial charge < -0.3 is 10.1 Å². The Morgan fingerprint density at radius 1 is 0.967 bits per heavy atom. The van der Waals surface area contributed by atoms with E-state index in [0.717, 1.165) is 11.1 Å². The maximum Gasteiger partial charge on any atom is 0.339 e. The van der Waals surface area contributed by atoms with E-state index in [0.29, 0.717) is 28.9 Å². The molecule has 5 rings (SSSR count). The third kappa shape index (κ3) is 3.12. The van der Waals surface area contributed by atoms with Gasteiger partial charge in [-0.2, -0.15) is 0 Å². The molecule has 1 atom stereocenters. The SMILES string of the molecule is O=C1CN(C(=O)c2ccc3c(c2)C[C@@H](c2ccccc2)OC3=O)c2ccccc2N1. The molecular formula is C24H18N2O4. The highest BCUT2D eigenvalue weighted by atomic mass is 16.5. The van der Waals surface area contributed by atoms with Crippen LogP contribution in [-0.4, -0.2) is 24.3 Å². The fourth-order valence-electron chi connectivity index (χ4n) is 3.95. The Morgan fingerprint density at radius 3 is 2.57 bits per heavy atom. The van der Waals surface area contributed by atoms with Crippen molar-refractivity contribution in [3.63, 3.8) is 0 Å². The molecule has 0 saturated heterocycles. The van der Waals surface area contributed by atoms with Crippen LogP contribution in [0.25, 0.3) is 0 Å². The first-order valence-corrected chi connectivity index (χ1v) is 9.70. The molecule has 0 aromatic heterocycles. The molecule has 3 aromatic carbocycles. The second kappa shape index (κ2) is 7.15. The van der Waals surface area contributed by atoms with Gasteiger partial charge in [-0.1, -0.05) is 42.5 Å². The van der Waals surface area contributed by atoms with Crippen molar-refractivity contribution in [1.82, 2.24) is 0 Å². The van der Waals surface area contributed by atoms with E-state index in [2.05, 4.69) is 5.32 Å². The van der Waals surface area contributed by atoms with E-state index in [1.54, 1.807) is 36.4 Å². The molecule has 0 fully saturated rings. The number of cyclic esters (lactones) is 1. The Balaban J connectivity index is 1.48. The largest absolute Gasteiger partial charge is 0.454 e. The maximum atomic E-state index is 13.3. The van der Waals surface area contributed by atoms with Gasteiger partial charge in [0.15, 0.2) is 0 Å².